The zero-order valence-electron chi connectivity index (χ0n) is 11.1. The van der Waals surface area contributed by atoms with Gasteiger partial charge in [-0.15, -0.1) is 0 Å². The Morgan fingerprint density at radius 3 is 2.47 bits per heavy atom. The van der Waals surface area contributed by atoms with Crippen LogP contribution in [-0.2, 0) is 11.2 Å². The highest BCUT2D eigenvalue weighted by Gasteiger charge is 2.30. The van der Waals surface area contributed by atoms with E-state index in [-0.39, 0.29) is 0 Å². The second-order valence-corrected chi connectivity index (χ2v) is 5.87. The van der Waals surface area contributed by atoms with Crippen LogP contribution in [0.25, 0.3) is 0 Å². The number of fused-ring (bicyclic) bond motifs is 1. The molecule has 102 valence electrons. The van der Waals surface area contributed by atoms with Gasteiger partial charge in [-0.2, -0.15) is 0 Å². The van der Waals surface area contributed by atoms with Crippen molar-refractivity contribution in [1.82, 2.24) is 0 Å². The minimum atomic E-state index is -0.774. The van der Waals surface area contributed by atoms with Crippen LogP contribution in [0, 0.1) is 0 Å². The summed E-state index contributed by atoms with van der Waals surface area (Å²) in [6, 6.07) is 3.79. The van der Waals surface area contributed by atoms with Gasteiger partial charge in [0.05, 0.1) is 5.92 Å². The van der Waals surface area contributed by atoms with Gasteiger partial charge >= 0.3 is 5.97 Å². The fraction of sp³-hybridized carbons (Fsp3) is 0.562. The molecule has 0 radical (unpaired) electrons. The zero-order chi connectivity index (χ0) is 13.4. The fourth-order valence-corrected chi connectivity index (χ4v) is 3.66. The summed E-state index contributed by atoms with van der Waals surface area (Å²) in [7, 11) is 0. The van der Waals surface area contributed by atoms with Crippen LogP contribution in [0.3, 0.4) is 0 Å². The van der Waals surface area contributed by atoms with E-state index in [2.05, 4.69) is 6.07 Å². The number of aryl methyl sites for hydroxylation is 1. The Hall–Kier alpha value is -1.51. The van der Waals surface area contributed by atoms with Crippen molar-refractivity contribution in [1.29, 1.82) is 0 Å². The van der Waals surface area contributed by atoms with E-state index in [0.29, 0.717) is 18.1 Å². The molecule has 0 saturated heterocycles. The second kappa shape index (κ2) is 4.87. The van der Waals surface area contributed by atoms with Gasteiger partial charge in [0.25, 0.3) is 0 Å². The van der Waals surface area contributed by atoms with Gasteiger partial charge in [-0.1, -0.05) is 25.3 Å². The SMILES string of the molecule is O=C(O)[C@@H]1CCc2cc(C3CCCCC3)c(O)cc21. The van der Waals surface area contributed by atoms with E-state index in [1.807, 2.05) is 0 Å². The maximum absolute atomic E-state index is 11.2. The van der Waals surface area contributed by atoms with Crippen LogP contribution < -0.4 is 0 Å². The van der Waals surface area contributed by atoms with Gasteiger partial charge in [0, 0.05) is 0 Å². The lowest BCUT2D eigenvalue weighted by atomic mass is 9.82. The molecule has 0 aliphatic heterocycles. The number of phenolic OH excluding ortho intramolecular Hbond substituents is 1. The molecule has 1 fully saturated rings. The molecule has 1 aromatic carbocycles. The van der Waals surface area contributed by atoms with Crippen molar-refractivity contribution in [2.24, 2.45) is 0 Å². The molecule has 2 aliphatic rings. The summed E-state index contributed by atoms with van der Waals surface area (Å²) < 4.78 is 0. The lowest BCUT2D eigenvalue weighted by Gasteiger charge is -2.23. The first-order chi connectivity index (χ1) is 9.16. The summed E-state index contributed by atoms with van der Waals surface area (Å²) in [5.41, 5.74) is 3.00. The largest absolute Gasteiger partial charge is 0.508 e. The van der Waals surface area contributed by atoms with Crippen LogP contribution in [0.15, 0.2) is 12.1 Å². The van der Waals surface area contributed by atoms with Crippen molar-refractivity contribution < 1.29 is 15.0 Å². The fourth-order valence-electron chi connectivity index (χ4n) is 3.66. The van der Waals surface area contributed by atoms with Gasteiger partial charge in [0.1, 0.15) is 5.75 Å². The Morgan fingerprint density at radius 2 is 1.79 bits per heavy atom. The number of carboxylic acid groups (broad SMARTS) is 1. The molecule has 0 amide bonds. The Bertz CT molecular complexity index is 501. The van der Waals surface area contributed by atoms with Crippen molar-refractivity contribution in [2.75, 3.05) is 0 Å². The summed E-state index contributed by atoms with van der Waals surface area (Å²) in [5.74, 6) is -0.438. The highest BCUT2D eigenvalue weighted by molar-refractivity contribution is 5.78. The van der Waals surface area contributed by atoms with E-state index in [9.17, 15) is 15.0 Å². The Balaban J connectivity index is 1.94. The number of benzene rings is 1. The minimum Gasteiger partial charge on any atom is -0.508 e. The van der Waals surface area contributed by atoms with Crippen LogP contribution in [0.5, 0.6) is 5.75 Å². The molecule has 0 unspecified atom stereocenters. The molecule has 1 atom stereocenters. The maximum Gasteiger partial charge on any atom is 0.310 e. The third-order valence-corrected chi connectivity index (χ3v) is 4.71. The number of aromatic hydroxyl groups is 1. The van der Waals surface area contributed by atoms with Gasteiger partial charge < -0.3 is 10.2 Å². The van der Waals surface area contributed by atoms with Crippen molar-refractivity contribution >= 4 is 5.97 Å². The Labute approximate surface area is 113 Å². The monoisotopic (exact) mass is 260 g/mol. The smallest absolute Gasteiger partial charge is 0.310 e. The van der Waals surface area contributed by atoms with Crippen LogP contribution in [0.2, 0.25) is 0 Å². The van der Waals surface area contributed by atoms with E-state index in [1.165, 1.54) is 19.3 Å². The van der Waals surface area contributed by atoms with Gasteiger partial charge in [0.15, 0.2) is 0 Å². The highest BCUT2D eigenvalue weighted by Crippen LogP contribution is 2.42. The number of hydrogen-bond acceptors (Lipinski definition) is 2. The number of rotatable bonds is 2. The normalized spacial score (nSPS) is 23.3. The first-order valence-corrected chi connectivity index (χ1v) is 7.25. The summed E-state index contributed by atoms with van der Waals surface area (Å²) >= 11 is 0. The molecule has 2 N–H and O–H groups in total. The molecule has 19 heavy (non-hydrogen) atoms. The molecule has 1 aromatic rings. The highest BCUT2D eigenvalue weighted by atomic mass is 16.4. The number of carboxylic acids is 1. The molecular formula is C16H20O3. The van der Waals surface area contributed by atoms with Crippen LogP contribution in [0.4, 0.5) is 0 Å². The van der Waals surface area contributed by atoms with Crippen molar-refractivity contribution in [2.45, 2.75) is 56.8 Å². The van der Waals surface area contributed by atoms with E-state index < -0.39 is 11.9 Å². The molecule has 0 bridgehead atoms. The van der Waals surface area contributed by atoms with Crippen molar-refractivity contribution in [3.8, 4) is 5.75 Å². The van der Waals surface area contributed by atoms with Gasteiger partial charge in [-0.05, 0) is 54.4 Å². The molecule has 3 heteroatoms. The Kier molecular flexibility index (Phi) is 3.21. The number of aliphatic carboxylic acids is 1. The number of phenols is 1. The first kappa shape index (κ1) is 12.5. The van der Waals surface area contributed by atoms with Gasteiger partial charge in [0.2, 0.25) is 0 Å². The predicted octanol–water partition coefficient (Wildman–Crippen LogP) is 3.55. The van der Waals surface area contributed by atoms with E-state index in [0.717, 1.165) is 36.0 Å². The lowest BCUT2D eigenvalue weighted by molar-refractivity contribution is -0.138. The minimum absolute atomic E-state index is 0.304. The van der Waals surface area contributed by atoms with Crippen LogP contribution >= 0.6 is 0 Å². The molecule has 0 spiro atoms. The molecule has 0 heterocycles. The summed E-state index contributed by atoms with van der Waals surface area (Å²) in [4.78, 5) is 11.2. The van der Waals surface area contributed by atoms with Crippen molar-refractivity contribution in [3.63, 3.8) is 0 Å². The average Bonchev–Trinajstić information content (AvgIpc) is 2.81. The summed E-state index contributed by atoms with van der Waals surface area (Å²) in [6.07, 6.45) is 7.55. The van der Waals surface area contributed by atoms with Gasteiger partial charge in [-0.25, -0.2) is 0 Å². The molecular weight excluding hydrogens is 240 g/mol. The average molecular weight is 260 g/mol. The standard InChI is InChI=1S/C16H20O3/c17-15-9-13-11(6-7-12(13)16(18)19)8-14(15)10-4-2-1-3-5-10/h8-10,12,17H,1-7H2,(H,18,19)/t12-/m1/s1. The Morgan fingerprint density at radius 1 is 1.05 bits per heavy atom. The van der Waals surface area contributed by atoms with E-state index >= 15 is 0 Å². The predicted molar refractivity (Wildman–Crippen MR) is 72.6 cm³/mol. The van der Waals surface area contributed by atoms with E-state index in [1.54, 1.807) is 6.07 Å². The maximum atomic E-state index is 11.2. The third kappa shape index (κ3) is 2.22. The van der Waals surface area contributed by atoms with Crippen LogP contribution in [0.1, 0.15) is 67.1 Å². The number of carbonyl (C=O) groups is 1. The van der Waals surface area contributed by atoms with Crippen LogP contribution in [-0.4, -0.2) is 16.2 Å². The quantitative estimate of drug-likeness (QED) is 0.854. The third-order valence-electron chi connectivity index (χ3n) is 4.71. The second-order valence-electron chi connectivity index (χ2n) is 5.87. The topological polar surface area (TPSA) is 57.5 Å². The lowest BCUT2D eigenvalue weighted by Crippen LogP contribution is -2.09. The first-order valence-electron chi connectivity index (χ1n) is 7.25. The summed E-state index contributed by atoms with van der Waals surface area (Å²) in [5, 5.41) is 19.4. The molecule has 3 nitrogen and oxygen atoms in total. The molecule has 2 aliphatic carbocycles. The van der Waals surface area contributed by atoms with Gasteiger partial charge in [-0.3, -0.25) is 4.79 Å². The number of hydrogen-bond donors (Lipinski definition) is 2. The molecule has 3 rings (SSSR count). The van der Waals surface area contributed by atoms with E-state index in [4.69, 9.17) is 0 Å². The molecule has 1 saturated carbocycles. The summed E-state index contributed by atoms with van der Waals surface area (Å²) in [6.45, 7) is 0. The van der Waals surface area contributed by atoms with Crippen molar-refractivity contribution in [3.05, 3.63) is 28.8 Å². The zero-order valence-corrected chi connectivity index (χ0v) is 11.1. The molecule has 0 aromatic heterocycles.